The SMILES string of the molecule is Cc1ccc2c3c(cc(C)c2c1)[N+](c1cccc(S(=O)(=O)O)c1)=C(CCCCCC1N(c2cccc(S(=O)(=O)O)c2)c2cc(S(=O)(=O)O)c4cc(S(=O)(=O)O)ccc4c2C1(C)C)C3(C)C. The maximum atomic E-state index is 13.0. The molecule has 2 aliphatic rings. The Hall–Kier alpha value is -5.05. The van der Waals surface area contributed by atoms with Crippen LogP contribution in [0.3, 0.4) is 0 Å². The van der Waals surface area contributed by atoms with Crippen LogP contribution >= 0.6 is 0 Å². The number of rotatable bonds is 12. The van der Waals surface area contributed by atoms with Crippen LogP contribution in [0.1, 0.15) is 82.1 Å². The molecule has 0 spiro atoms. The lowest BCUT2D eigenvalue weighted by atomic mass is 9.76. The first-order valence-corrected chi connectivity index (χ1v) is 26.6. The highest BCUT2D eigenvalue weighted by atomic mass is 32.2. The number of hydrogen-bond donors (Lipinski definition) is 4. The monoisotopic (exact) mass is 961 g/mol. The van der Waals surface area contributed by atoms with Crippen molar-refractivity contribution < 1.29 is 51.9 Å². The van der Waals surface area contributed by atoms with Crippen molar-refractivity contribution >= 4 is 90.5 Å². The van der Waals surface area contributed by atoms with E-state index in [2.05, 4.69) is 42.7 Å². The molecule has 0 radical (unpaired) electrons. The zero-order valence-corrected chi connectivity index (χ0v) is 39.7. The number of hydrogen-bond acceptors (Lipinski definition) is 9. The Labute approximate surface area is 379 Å². The van der Waals surface area contributed by atoms with Gasteiger partial charge in [0.1, 0.15) is 9.79 Å². The Morgan fingerprint density at radius 1 is 0.585 bits per heavy atom. The van der Waals surface area contributed by atoms with Crippen LogP contribution in [0.2, 0.25) is 0 Å². The first kappa shape index (κ1) is 46.5. The lowest BCUT2D eigenvalue weighted by molar-refractivity contribution is 0.400. The van der Waals surface area contributed by atoms with Crippen LogP contribution in [0.4, 0.5) is 22.7 Å². The van der Waals surface area contributed by atoms with E-state index in [1.165, 1.54) is 42.5 Å². The second kappa shape index (κ2) is 15.8. The molecule has 0 aromatic heterocycles. The minimum absolute atomic E-state index is 0.135. The molecule has 0 amide bonds. The van der Waals surface area contributed by atoms with Gasteiger partial charge in [-0.15, -0.1) is 0 Å². The van der Waals surface area contributed by atoms with Gasteiger partial charge in [0, 0.05) is 58.4 Å². The van der Waals surface area contributed by atoms with Crippen molar-refractivity contribution in [2.24, 2.45) is 0 Å². The fraction of sp³-hybridized carbons (Fsp3) is 0.298. The van der Waals surface area contributed by atoms with Crippen molar-refractivity contribution in [3.8, 4) is 0 Å². The normalized spacial score (nSPS) is 17.3. The first-order valence-electron chi connectivity index (χ1n) is 20.8. The minimum atomic E-state index is -5.01. The van der Waals surface area contributed by atoms with Gasteiger partial charge in [-0.25, -0.2) is 0 Å². The summed E-state index contributed by atoms with van der Waals surface area (Å²) < 4.78 is 142. The van der Waals surface area contributed by atoms with Crippen molar-refractivity contribution in [2.75, 3.05) is 4.90 Å². The van der Waals surface area contributed by atoms with Crippen molar-refractivity contribution in [1.29, 1.82) is 0 Å². The third-order valence-electron chi connectivity index (χ3n) is 13.2. The number of benzene rings is 6. The summed E-state index contributed by atoms with van der Waals surface area (Å²) in [6.07, 6.45) is 3.06. The Kier molecular flexibility index (Phi) is 11.3. The molecule has 65 heavy (non-hydrogen) atoms. The van der Waals surface area contributed by atoms with E-state index in [9.17, 15) is 51.9 Å². The number of nitrogens with zero attached hydrogens (tertiary/aromatic N) is 2. The van der Waals surface area contributed by atoms with Crippen LogP contribution in [0.25, 0.3) is 21.5 Å². The van der Waals surface area contributed by atoms with Gasteiger partial charge in [0.15, 0.2) is 5.71 Å². The molecule has 0 saturated heterocycles. The quantitative estimate of drug-likeness (QED) is 0.0510. The Balaban J connectivity index is 1.19. The summed E-state index contributed by atoms with van der Waals surface area (Å²) in [5.74, 6) is 0. The standard InChI is InChI=1S/C47H48N2O12S4/c1-28-18-20-35-37(22-28)29(2)23-39-44(35)46(3,4)42(48(39)30-12-10-14-32(24-30)62(50,51)52)16-8-7-9-17-43-47(5,6)45-36-21-19-34(64(56,57)58)26-38(36)41(65(59,60)61)27-40(45)49(43)31-13-11-15-33(25-31)63(53,54)55/h10-15,18-27,43H,7-9,16-17H2,1-6H3,(H3-,50,51,52,53,54,55,56,57,58,59,60,61)/p+1. The van der Waals surface area contributed by atoms with E-state index in [-0.39, 0.29) is 10.3 Å². The van der Waals surface area contributed by atoms with Crippen LogP contribution in [0, 0.1) is 13.8 Å². The van der Waals surface area contributed by atoms with Crippen molar-refractivity contribution in [3.05, 3.63) is 119 Å². The number of unbranched alkanes of at least 4 members (excludes halogenated alkanes) is 2. The van der Waals surface area contributed by atoms with Crippen LogP contribution < -0.4 is 9.48 Å². The first-order chi connectivity index (χ1) is 30.1. The molecule has 1 atom stereocenters. The average Bonchev–Trinajstić information content (AvgIpc) is 3.57. The van der Waals surface area contributed by atoms with Gasteiger partial charge >= 0.3 is 0 Å². The molecular formula is C47H49N2O12S4+. The predicted molar refractivity (Wildman–Crippen MR) is 251 cm³/mol. The van der Waals surface area contributed by atoms with Gasteiger partial charge in [0.2, 0.25) is 11.4 Å². The van der Waals surface area contributed by atoms with Gasteiger partial charge in [0.05, 0.1) is 15.2 Å². The minimum Gasteiger partial charge on any atom is -0.337 e. The van der Waals surface area contributed by atoms with E-state index < -0.39 is 72.0 Å². The van der Waals surface area contributed by atoms with Gasteiger partial charge in [-0.1, -0.05) is 68.7 Å². The molecule has 0 fully saturated rings. The molecule has 8 rings (SSSR count). The molecule has 6 aromatic rings. The van der Waals surface area contributed by atoms with Gasteiger partial charge in [-0.05, 0) is 110 Å². The van der Waals surface area contributed by atoms with Gasteiger partial charge in [-0.3, -0.25) is 18.2 Å². The zero-order chi connectivity index (χ0) is 47.4. The number of anilines is 2. The molecular weight excluding hydrogens is 913 g/mol. The smallest absolute Gasteiger partial charge is 0.295 e. The van der Waals surface area contributed by atoms with Crippen LogP contribution in [0.5, 0.6) is 0 Å². The molecule has 4 N–H and O–H groups in total. The summed E-state index contributed by atoms with van der Waals surface area (Å²) in [7, 11) is -19.0. The van der Waals surface area contributed by atoms with Crippen LogP contribution in [-0.4, -0.2) is 63.6 Å². The van der Waals surface area contributed by atoms with Crippen molar-refractivity contribution in [3.63, 3.8) is 0 Å². The molecule has 342 valence electrons. The highest BCUT2D eigenvalue weighted by Crippen LogP contribution is 2.55. The largest absolute Gasteiger partial charge is 0.337 e. The maximum Gasteiger partial charge on any atom is 0.295 e. The predicted octanol–water partition coefficient (Wildman–Crippen LogP) is 9.61. The molecule has 2 heterocycles. The highest BCUT2D eigenvalue weighted by molar-refractivity contribution is 7.86. The fourth-order valence-electron chi connectivity index (χ4n) is 10.3. The van der Waals surface area contributed by atoms with Crippen LogP contribution in [-0.2, 0) is 51.3 Å². The van der Waals surface area contributed by atoms with Gasteiger partial charge in [0.25, 0.3) is 40.5 Å². The van der Waals surface area contributed by atoms with E-state index in [0.717, 1.165) is 51.0 Å². The van der Waals surface area contributed by atoms with Gasteiger partial charge in [-0.2, -0.15) is 38.2 Å². The van der Waals surface area contributed by atoms with Crippen LogP contribution in [0.15, 0.2) is 117 Å². The fourth-order valence-corrected chi connectivity index (χ4v) is 12.5. The van der Waals surface area contributed by atoms with E-state index in [4.69, 9.17) is 0 Å². The van der Waals surface area contributed by atoms with Crippen molar-refractivity contribution in [1.82, 2.24) is 4.58 Å². The second-order valence-electron chi connectivity index (χ2n) is 18.1. The van der Waals surface area contributed by atoms with Gasteiger partial charge < -0.3 is 4.90 Å². The third-order valence-corrected chi connectivity index (χ3v) is 16.6. The lowest BCUT2D eigenvalue weighted by Crippen LogP contribution is -2.39. The summed E-state index contributed by atoms with van der Waals surface area (Å²) in [6, 6.07) is 24.6. The van der Waals surface area contributed by atoms with Crippen molar-refractivity contribution in [2.45, 2.75) is 110 Å². The summed E-state index contributed by atoms with van der Waals surface area (Å²) >= 11 is 0. The molecule has 0 aliphatic carbocycles. The summed E-state index contributed by atoms with van der Waals surface area (Å²) in [5.41, 5.74) is 5.66. The van der Waals surface area contributed by atoms with E-state index in [1.54, 1.807) is 17.0 Å². The molecule has 14 nitrogen and oxygen atoms in total. The third kappa shape index (κ3) is 8.17. The number of fused-ring (bicyclic) bond motifs is 6. The second-order valence-corrected chi connectivity index (χ2v) is 23.8. The molecule has 0 saturated carbocycles. The average molecular weight is 962 g/mol. The molecule has 1 unspecified atom stereocenters. The van der Waals surface area contributed by atoms with E-state index in [1.807, 2.05) is 33.8 Å². The summed E-state index contributed by atoms with van der Waals surface area (Å²) in [4.78, 5) is -0.0218. The van der Waals surface area contributed by atoms with E-state index in [0.29, 0.717) is 60.1 Å². The summed E-state index contributed by atoms with van der Waals surface area (Å²) in [6.45, 7) is 12.3. The summed E-state index contributed by atoms with van der Waals surface area (Å²) in [5, 5.41) is 2.36. The van der Waals surface area contributed by atoms with E-state index >= 15 is 0 Å². The maximum absolute atomic E-state index is 13.0. The molecule has 2 aliphatic heterocycles. The Morgan fingerprint density at radius 3 is 1.83 bits per heavy atom. The topological polar surface area (TPSA) is 224 Å². The zero-order valence-electron chi connectivity index (χ0n) is 36.4. The molecule has 6 aromatic carbocycles. The lowest BCUT2D eigenvalue weighted by Gasteiger charge is -2.35. The number of aryl methyl sites for hydroxylation is 2. The Morgan fingerprint density at radius 2 is 1.18 bits per heavy atom. The molecule has 18 heteroatoms. The Bertz CT molecular complexity index is 3510. The molecule has 0 bridgehead atoms. The highest BCUT2D eigenvalue weighted by Gasteiger charge is 2.49.